The van der Waals surface area contributed by atoms with Crippen LogP contribution in [0.5, 0.6) is 5.88 Å². The molecule has 0 amide bonds. The Labute approximate surface area is 119 Å². The van der Waals surface area contributed by atoms with E-state index in [1.54, 1.807) is 7.11 Å². The van der Waals surface area contributed by atoms with E-state index >= 15 is 0 Å². The van der Waals surface area contributed by atoms with Gasteiger partial charge >= 0.3 is 0 Å². The minimum Gasteiger partial charge on any atom is -0.481 e. The number of rotatable bonds is 4. The van der Waals surface area contributed by atoms with Crippen molar-refractivity contribution in [3.63, 3.8) is 0 Å². The molecule has 1 aromatic heterocycles. The Hall–Kier alpha value is -1.26. The second-order valence-corrected chi connectivity index (χ2v) is 4.92. The van der Waals surface area contributed by atoms with E-state index in [0.717, 1.165) is 15.9 Å². The van der Waals surface area contributed by atoms with E-state index in [-0.39, 0.29) is 0 Å². The lowest BCUT2D eigenvalue weighted by atomic mass is 10.3. The largest absolute Gasteiger partial charge is 0.481 e. The lowest BCUT2D eigenvalue weighted by Gasteiger charge is -2.08. The monoisotopic (exact) mass is 326 g/mol. The molecule has 3 nitrogen and oxygen atoms in total. The fourth-order valence-electron chi connectivity index (χ4n) is 1.47. The van der Waals surface area contributed by atoms with Crippen LogP contribution in [-0.4, -0.2) is 12.1 Å². The van der Waals surface area contributed by atoms with Crippen LogP contribution in [0.15, 0.2) is 40.9 Å². The molecule has 0 fully saturated rings. The van der Waals surface area contributed by atoms with Crippen molar-refractivity contribution in [2.75, 3.05) is 12.4 Å². The zero-order valence-corrected chi connectivity index (χ0v) is 12.1. The highest BCUT2D eigenvalue weighted by molar-refractivity contribution is 9.10. The van der Waals surface area contributed by atoms with Crippen LogP contribution in [0.2, 0.25) is 5.02 Å². The molecule has 1 heterocycles. The molecule has 18 heavy (non-hydrogen) atoms. The minimum absolute atomic E-state index is 0.617. The Bertz CT molecular complexity index is 548. The van der Waals surface area contributed by atoms with E-state index in [9.17, 15) is 0 Å². The summed E-state index contributed by atoms with van der Waals surface area (Å²) in [7, 11) is 1.61. The van der Waals surface area contributed by atoms with Crippen molar-refractivity contribution in [1.82, 2.24) is 4.98 Å². The highest BCUT2D eigenvalue weighted by Crippen LogP contribution is 2.25. The third-order valence-electron chi connectivity index (χ3n) is 2.38. The first-order chi connectivity index (χ1) is 8.69. The summed E-state index contributed by atoms with van der Waals surface area (Å²) < 4.78 is 5.95. The van der Waals surface area contributed by atoms with Crippen molar-refractivity contribution in [3.8, 4) is 5.88 Å². The van der Waals surface area contributed by atoms with Crippen molar-refractivity contribution < 1.29 is 4.74 Å². The molecule has 0 aliphatic rings. The molecule has 0 unspecified atom stereocenters. The van der Waals surface area contributed by atoms with Gasteiger partial charge in [-0.3, -0.25) is 0 Å². The third kappa shape index (κ3) is 3.37. The van der Waals surface area contributed by atoms with Crippen molar-refractivity contribution in [2.45, 2.75) is 6.54 Å². The Morgan fingerprint density at radius 2 is 2.17 bits per heavy atom. The van der Waals surface area contributed by atoms with Gasteiger partial charge in [-0.25, -0.2) is 4.98 Å². The molecular weight excluding hydrogens is 316 g/mol. The molecule has 0 saturated heterocycles. The summed E-state index contributed by atoms with van der Waals surface area (Å²) in [5.74, 6) is 0.617. The molecule has 94 valence electrons. The van der Waals surface area contributed by atoms with E-state index in [1.807, 2.05) is 36.4 Å². The third-order valence-corrected chi connectivity index (χ3v) is 3.60. The van der Waals surface area contributed by atoms with Gasteiger partial charge < -0.3 is 10.1 Å². The first kappa shape index (κ1) is 13.2. The number of nitrogens with one attached hydrogen (secondary N) is 1. The van der Waals surface area contributed by atoms with Gasteiger partial charge in [-0.2, -0.15) is 0 Å². The summed E-state index contributed by atoms with van der Waals surface area (Å²) in [5.41, 5.74) is 1.90. The average Bonchev–Trinajstić information content (AvgIpc) is 2.40. The topological polar surface area (TPSA) is 34.1 Å². The Kier molecular flexibility index (Phi) is 4.44. The van der Waals surface area contributed by atoms with Crippen LogP contribution in [-0.2, 0) is 6.54 Å². The molecule has 2 rings (SSSR count). The van der Waals surface area contributed by atoms with Crippen molar-refractivity contribution >= 4 is 33.2 Å². The second kappa shape index (κ2) is 6.07. The number of hydrogen-bond donors (Lipinski definition) is 1. The number of halogens is 2. The maximum absolute atomic E-state index is 5.93. The van der Waals surface area contributed by atoms with Gasteiger partial charge in [-0.1, -0.05) is 17.7 Å². The molecule has 0 spiro atoms. The maximum Gasteiger partial charge on any atom is 0.213 e. The maximum atomic E-state index is 5.93. The number of nitrogens with zero attached hydrogens (tertiary/aromatic N) is 1. The highest BCUT2D eigenvalue weighted by atomic mass is 79.9. The van der Waals surface area contributed by atoms with Crippen LogP contribution >= 0.6 is 27.5 Å². The fourth-order valence-corrected chi connectivity index (χ4v) is 1.96. The number of hydrogen-bond acceptors (Lipinski definition) is 3. The van der Waals surface area contributed by atoms with Gasteiger partial charge in [0.15, 0.2) is 0 Å². The molecule has 1 N–H and O–H groups in total. The molecule has 0 bridgehead atoms. The van der Waals surface area contributed by atoms with Gasteiger partial charge in [0.1, 0.15) is 0 Å². The average molecular weight is 328 g/mol. The molecule has 5 heteroatoms. The molecular formula is C13H12BrClN2O. The molecule has 0 radical (unpaired) electrons. The van der Waals surface area contributed by atoms with E-state index in [2.05, 4.69) is 26.2 Å². The first-order valence-electron chi connectivity index (χ1n) is 5.38. The van der Waals surface area contributed by atoms with Gasteiger partial charge in [0, 0.05) is 16.2 Å². The number of aromatic nitrogens is 1. The van der Waals surface area contributed by atoms with Crippen molar-refractivity contribution in [3.05, 3.63) is 51.6 Å². The van der Waals surface area contributed by atoms with Crippen LogP contribution < -0.4 is 10.1 Å². The number of pyridine rings is 1. The summed E-state index contributed by atoms with van der Waals surface area (Å²) in [6.45, 7) is 0.630. The van der Waals surface area contributed by atoms with Crippen LogP contribution in [0.3, 0.4) is 0 Å². The molecule has 0 saturated carbocycles. The normalized spacial score (nSPS) is 10.2. The Balaban J connectivity index is 2.04. The van der Waals surface area contributed by atoms with Crippen LogP contribution in [0.4, 0.5) is 5.69 Å². The lowest BCUT2D eigenvalue weighted by molar-refractivity contribution is 0.396. The molecule has 1 aromatic carbocycles. The number of methoxy groups -OCH3 is 1. The van der Waals surface area contributed by atoms with Gasteiger partial charge in [-0.05, 0) is 40.2 Å². The predicted octanol–water partition coefficient (Wildman–Crippen LogP) is 4.12. The molecule has 0 aliphatic carbocycles. The molecule has 2 aromatic rings. The summed E-state index contributed by atoms with van der Waals surface area (Å²) in [6, 6.07) is 11.4. The zero-order chi connectivity index (χ0) is 13.0. The van der Waals surface area contributed by atoms with Gasteiger partial charge in [0.05, 0.1) is 24.4 Å². The van der Waals surface area contributed by atoms with Crippen LogP contribution in [0, 0.1) is 0 Å². The number of benzene rings is 1. The van der Waals surface area contributed by atoms with E-state index in [4.69, 9.17) is 16.3 Å². The van der Waals surface area contributed by atoms with Crippen LogP contribution in [0.1, 0.15) is 5.69 Å². The van der Waals surface area contributed by atoms with E-state index in [1.165, 1.54) is 0 Å². The standard InChI is InChI=1S/C13H12BrClN2O/c1-18-13-4-2-3-10(17-13)8-16-9-5-6-12(15)11(14)7-9/h2-7,16H,8H2,1H3. The smallest absolute Gasteiger partial charge is 0.213 e. The van der Waals surface area contributed by atoms with Gasteiger partial charge in [0.25, 0.3) is 0 Å². The summed E-state index contributed by atoms with van der Waals surface area (Å²) in [5, 5.41) is 3.97. The molecule has 0 atom stereocenters. The molecule has 0 aliphatic heterocycles. The Morgan fingerprint density at radius 1 is 1.33 bits per heavy atom. The van der Waals surface area contributed by atoms with Crippen molar-refractivity contribution in [2.24, 2.45) is 0 Å². The summed E-state index contributed by atoms with van der Waals surface area (Å²) >= 11 is 9.32. The SMILES string of the molecule is COc1cccc(CNc2ccc(Cl)c(Br)c2)n1. The number of anilines is 1. The highest BCUT2D eigenvalue weighted by Gasteiger charge is 2.00. The lowest BCUT2D eigenvalue weighted by Crippen LogP contribution is -2.02. The quantitative estimate of drug-likeness (QED) is 0.917. The van der Waals surface area contributed by atoms with Crippen LogP contribution in [0.25, 0.3) is 0 Å². The van der Waals surface area contributed by atoms with E-state index < -0.39 is 0 Å². The summed E-state index contributed by atoms with van der Waals surface area (Å²) in [6.07, 6.45) is 0. The van der Waals surface area contributed by atoms with Gasteiger partial charge in [0.2, 0.25) is 5.88 Å². The zero-order valence-electron chi connectivity index (χ0n) is 9.78. The van der Waals surface area contributed by atoms with Gasteiger partial charge in [-0.15, -0.1) is 0 Å². The number of ether oxygens (including phenoxy) is 1. The first-order valence-corrected chi connectivity index (χ1v) is 6.55. The van der Waals surface area contributed by atoms with E-state index in [0.29, 0.717) is 17.4 Å². The minimum atomic E-state index is 0.617. The fraction of sp³-hybridized carbons (Fsp3) is 0.154. The summed E-state index contributed by atoms with van der Waals surface area (Å²) in [4.78, 5) is 4.32. The van der Waals surface area contributed by atoms with Crippen molar-refractivity contribution in [1.29, 1.82) is 0 Å². The predicted molar refractivity (Wildman–Crippen MR) is 77.3 cm³/mol. The Morgan fingerprint density at radius 3 is 2.89 bits per heavy atom. The second-order valence-electron chi connectivity index (χ2n) is 3.65.